The van der Waals surface area contributed by atoms with Crippen LogP contribution in [0, 0.1) is 23.6 Å². The Balaban J connectivity index is 1.14. The predicted octanol–water partition coefficient (Wildman–Crippen LogP) is 5.29. The monoisotopic (exact) mass is 578 g/mol. The van der Waals surface area contributed by atoms with Gasteiger partial charge in [-0.1, -0.05) is 11.6 Å². The molecule has 1 saturated carbocycles. The van der Waals surface area contributed by atoms with E-state index in [-0.39, 0.29) is 11.6 Å². The molecule has 0 spiro atoms. The zero-order chi connectivity index (χ0) is 27.2. The molecule has 0 aromatic carbocycles. The van der Waals surface area contributed by atoms with Gasteiger partial charge in [-0.2, -0.15) is 0 Å². The molecule has 0 radical (unpaired) electrons. The third-order valence-electron chi connectivity index (χ3n) is 8.65. The van der Waals surface area contributed by atoms with Gasteiger partial charge < -0.3 is 15.4 Å². The van der Waals surface area contributed by atoms with Crippen molar-refractivity contribution in [2.24, 2.45) is 17.8 Å². The number of hydrogen-bond donors (Lipinski definition) is 2. The van der Waals surface area contributed by atoms with Crippen molar-refractivity contribution in [3.8, 4) is 11.3 Å². The van der Waals surface area contributed by atoms with Crippen molar-refractivity contribution in [2.45, 2.75) is 63.8 Å². The topological polar surface area (TPSA) is 93.2 Å². The second kappa shape index (κ2) is 13.2. The van der Waals surface area contributed by atoms with Crippen LogP contribution in [-0.4, -0.2) is 62.2 Å². The first-order chi connectivity index (χ1) is 18.8. The van der Waals surface area contributed by atoms with E-state index >= 15 is 0 Å². The van der Waals surface area contributed by atoms with E-state index < -0.39 is 9.84 Å². The van der Waals surface area contributed by atoms with E-state index in [1.54, 1.807) is 12.3 Å². The second-order valence-corrected chi connectivity index (χ2v) is 14.3. The first-order valence-electron chi connectivity index (χ1n) is 14.4. The van der Waals surface area contributed by atoms with Crippen LogP contribution >= 0.6 is 11.6 Å². The van der Waals surface area contributed by atoms with Crippen LogP contribution in [0.15, 0.2) is 24.4 Å². The number of nitrogens with zero attached hydrogens (tertiary/aromatic N) is 2. The van der Waals surface area contributed by atoms with Crippen molar-refractivity contribution in [1.29, 1.82) is 0 Å². The molecule has 2 aliphatic heterocycles. The average Bonchev–Trinajstić information content (AvgIpc) is 2.94. The highest BCUT2D eigenvalue weighted by Crippen LogP contribution is 2.32. The van der Waals surface area contributed by atoms with Crippen LogP contribution < -0.4 is 10.6 Å². The van der Waals surface area contributed by atoms with Crippen molar-refractivity contribution in [2.75, 3.05) is 43.1 Å². The van der Waals surface area contributed by atoms with E-state index in [1.165, 1.54) is 6.07 Å². The number of sulfone groups is 1. The molecule has 2 aromatic rings. The Morgan fingerprint density at radius 1 is 0.949 bits per heavy atom. The fourth-order valence-electron chi connectivity index (χ4n) is 6.04. The Morgan fingerprint density at radius 2 is 1.67 bits per heavy atom. The summed E-state index contributed by atoms with van der Waals surface area (Å²) in [4.78, 5) is 9.18. The zero-order valence-corrected chi connectivity index (χ0v) is 24.1. The van der Waals surface area contributed by atoms with E-state index in [0.717, 1.165) is 88.8 Å². The number of hydrogen-bond acceptors (Lipinski definition) is 7. The van der Waals surface area contributed by atoms with E-state index in [2.05, 4.69) is 20.6 Å². The summed E-state index contributed by atoms with van der Waals surface area (Å²) in [6, 6.07) is 5.64. The Bertz CT molecular complexity index is 1200. The van der Waals surface area contributed by atoms with Crippen LogP contribution in [0.5, 0.6) is 0 Å². The SMILES string of the molecule is O=S1(=O)CCC(CNC2CCC(Cc3cc(-c4ccc(F)c(NCC5CCOCC5)n4)c(Cl)cn3)CC2)CC1. The standard InChI is InChI=1S/C29H40ClFN4O3S/c30-26-19-33-24(15-20-1-3-23(4-2-20)32-17-22-9-13-39(36,37)14-10-22)16-25(26)28-6-5-27(31)29(35-28)34-18-21-7-11-38-12-8-21/h5-6,16,19-23,32H,1-4,7-15,17-18H2,(H,34,35). The highest BCUT2D eigenvalue weighted by molar-refractivity contribution is 7.91. The fourth-order valence-corrected chi connectivity index (χ4v) is 7.83. The Labute approximate surface area is 236 Å². The van der Waals surface area contributed by atoms with Crippen LogP contribution in [-0.2, 0) is 21.0 Å². The summed E-state index contributed by atoms with van der Waals surface area (Å²) >= 11 is 6.53. The van der Waals surface area contributed by atoms with E-state index in [9.17, 15) is 12.8 Å². The molecule has 5 rings (SSSR count). The summed E-state index contributed by atoms with van der Waals surface area (Å²) in [6.07, 6.45) is 10.6. The van der Waals surface area contributed by atoms with Crippen molar-refractivity contribution in [3.05, 3.63) is 40.9 Å². The van der Waals surface area contributed by atoms with Crippen LogP contribution in [0.4, 0.5) is 10.2 Å². The minimum absolute atomic E-state index is 0.258. The van der Waals surface area contributed by atoms with Crippen LogP contribution in [0.1, 0.15) is 57.1 Å². The molecule has 2 N–H and O–H groups in total. The lowest BCUT2D eigenvalue weighted by Gasteiger charge is -2.31. The maximum absolute atomic E-state index is 14.5. The predicted molar refractivity (Wildman–Crippen MR) is 153 cm³/mol. The number of pyridine rings is 2. The molecule has 0 bridgehead atoms. The average molecular weight is 579 g/mol. The quantitative estimate of drug-likeness (QED) is 0.417. The molecule has 3 fully saturated rings. The summed E-state index contributed by atoms with van der Waals surface area (Å²) in [7, 11) is -2.80. The molecule has 2 aromatic heterocycles. The van der Waals surface area contributed by atoms with Gasteiger partial charge in [-0.3, -0.25) is 4.98 Å². The maximum atomic E-state index is 14.5. The lowest BCUT2D eigenvalue weighted by molar-refractivity contribution is 0.0699. The van der Waals surface area contributed by atoms with Gasteiger partial charge in [0.15, 0.2) is 11.6 Å². The molecule has 1 aliphatic carbocycles. The van der Waals surface area contributed by atoms with Gasteiger partial charge in [0.1, 0.15) is 9.84 Å². The van der Waals surface area contributed by atoms with E-state index in [4.69, 9.17) is 16.3 Å². The second-order valence-electron chi connectivity index (χ2n) is 11.5. The number of rotatable bonds is 9. The van der Waals surface area contributed by atoms with E-state index in [0.29, 0.717) is 52.6 Å². The lowest BCUT2D eigenvalue weighted by Crippen LogP contribution is -2.38. The van der Waals surface area contributed by atoms with Gasteiger partial charge in [-0.25, -0.2) is 17.8 Å². The van der Waals surface area contributed by atoms with Crippen molar-refractivity contribution in [1.82, 2.24) is 15.3 Å². The van der Waals surface area contributed by atoms with Gasteiger partial charge in [0.2, 0.25) is 0 Å². The summed E-state index contributed by atoms with van der Waals surface area (Å²) < 4.78 is 43.3. The van der Waals surface area contributed by atoms with E-state index in [1.807, 2.05) is 6.07 Å². The highest BCUT2D eigenvalue weighted by Gasteiger charge is 2.26. The zero-order valence-electron chi connectivity index (χ0n) is 22.5. The fraction of sp³-hybridized carbons (Fsp3) is 0.655. The van der Waals surface area contributed by atoms with Crippen LogP contribution in [0.3, 0.4) is 0 Å². The number of nitrogens with one attached hydrogen (secondary N) is 2. The van der Waals surface area contributed by atoms with Crippen LogP contribution in [0.25, 0.3) is 11.3 Å². The molecule has 7 nitrogen and oxygen atoms in total. The van der Waals surface area contributed by atoms with Gasteiger partial charge in [0, 0.05) is 43.3 Å². The minimum Gasteiger partial charge on any atom is -0.381 e. The number of anilines is 1. The van der Waals surface area contributed by atoms with Gasteiger partial charge >= 0.3 is 0 Å². The van der Waals surface area contributed by atoms with Gasteiger partial charge in [-0.05, 0) is 100 Å². The molecule has 10 heteroatoms. The lowest BCUT2D eigenvalue weighted by atomic mass is 9.83. The molecular weight excluding hydrogens is 539 g/mol. The molecular formula is C29H40ClFN4O3S. The molecule has 0 amide bonds. The first kappa shape index (κ1) is 28.7. The summed E-state index contributed by atoms with van der Waals surface area (Å²) in [5.74, 6) is 2.05. The molecule has 4 heterocycles. The largest absolute Gasteiger partial charge is 0.381 e. The molecule has 3 aliphatic rings. The Kier molecular flexibility index (Phi) is 9.74. The molecule has 0 atom stereocenters. The van der Waals surface area contributed by atoms with Crippen molar-refractivity contribution < 1.29 is 17.5 Å². The van der Waals surface area contributed by atoms with Gasteiger partial charge in [0.25, 0.3) is 0 Å². The van der Waals surface area contributed by atoms with Crippen LogP contribution in [0.2, 0.25) is 5.02 Å². The number of aromatic nitrogens is 2. The molecule has 2 saturated heterocycles. The van der Waals surface area contributed by atoms with Crippen molar-refractivity contribution in [3.63, 3.8) is 0 Å². The van der Waals surface area contributed by atoms with Gasteiger partial charge in [0.05, 0.1) is 22.2 Å². The molecule has 0 unspecified atom stereocenters. The Hall–Kier alpha value is -1.81. The van der Waals surface area contributed by atoms with Crippen molar-refractivity contribution >= 4 is 27.3 Å². The van der Waals surface area contributed by atoms with Gasteiger partial charge in [-0.15, -0.1) is 0 Å². The number of halogens is 2. The highest BCUT2D eigenvalue weighted by atomic mass is 35.5. The summed E-state index contributed by atoms with van der Waals surface area (Å²) in [5, 5.41) is 7.41. The smallest absolute Gasteiger partial charge is 0.165 e. The molecule has 39 heavy (non-hydrogen) atoms. The minimum atomic E-state index is -2.80. The number of ether oxygens (including phenoxy) is 1. The summed E-state index contributed by atoms with van der Waals surface area (Å²) in [6.45, 7) is 3.10. The first-order valence-corrected chi connectivity index (χ1v) is 16.6. The Morgan fingerprint density at radius 3 is 2.41 bits per heavy atom. The normalized spacial score (nSPS) is 24.5. The third kappa shape index (κ3) is 8.12. The summed E-state index contributed by atoms with van der Waals surface area (Å²) in [5.41, 5.74) is 2.40. The molecule has 214 valence electrons. The third-order valence-corrected chi connectivity index (χ3v) is 10.7. The maximum Gasteiger partial charge on any atom is 0.165 e.